The molecule has 2 atom stereocenters. The zero-order valence-corrected chi connectivity index (χ0v) is 10.6. The van der Waals surface area contributed by atoms with Crippen LogP contribution in [0.2, 0.25) is 0 Å². The molecule has 0 spiro atoms. The summed E-state index contributed by atoms with van der Waals surface area (Å²) in [4.78, 5) is 0. The van der Waals surface area contributed by atoms with Crippen molar-refractivity contribution in [2.24, 2.45) is 11.8 Å². The average molecular weight is 249 g/mol. The van der Waals surface area contributed by atoms with Gasteiger partial charge in [-0.2, -0.15) is 11.8 Å². The van der Waals surface area contributed by atoms with Crippen LogP contribution in [0.5, 0.6) is 0 Å². The minimum Gasteiger partial charge on any atom is -0.316 e. The van der Waals surface area contributed by atoms with E-state index in [1.165, 1.54) is 17.9 Å². The minimum atomic E-state index is -2.69. The molecule has 2 heterocycles. The number of nitrogens with one attached hydrogen (secondary N) is 1. The van der Waals surface area contributed by atoms with Gasteiger partial charge in [0.1, 0.15) is 0 Å². The van der Waals surface area contributed by atoms with Crippen molar-refractivity contribution in [3.8, 4) is 0 Å². The summed E-state index contributed by atoms with van der Waals surface area (Å²) in [6, 6.07) is 0. The van der Waals surface area contributed by atoms with E-state index < -0.39 is 9.84 Å². The highest BCUT2D eigenvalue weighted by atomic mass is 32.2. The van der Waals surface area contributed by atoms with Crippen LogP contribution >= 0.6 is 11.8 Å². The fourth-order valence-electron chi connectivity index (χ4n) is 2.27. The molecule has 2 rings (SSSR count). The average Bonchev–Trinajstić information content (AvgIpc) is 2.76. The van der Waals surface area contributed by atoms with E-state index in [4.69, 9.17) is 0 Å². The molecule has 2 saturated heterocycles. The van der Waals surface area contributed by atoms with Gasteiger partial charge in [0.05, 0.1) is 11.5 Å². The van der Waals surface area contributed by atoms with Gasteiger partial charge >= 0.3 is 0 Å². The van der Waals surface area contributed by atoms with Crippen LogP contribution in [0.25, 0.3) is 0 Å². The first-order valence-electron chi connectivity index (χ1n) is 5.64. The van der Waals surface area contributed by atoms with Crippen molar-refractivity contribution in [2.45, 2.75) is 12.8 Å². The molecule has 5 heteroatoms. The van der Waals surface area contributed by atoms with Gasteiger partial charge in [-0.1, -0.05) is 0 Å². The van der Waals surface area contributed by atoms with Gasteiger partial charge in [0.25, 0.3) is 0 Å². The predicted molar refractivity (Wildman–Crippen MR) is 65.1 cm³/mol. The van der Waals surface area contributed by atoms with Gasteiger partial charge in [-0.25, -0.2) is 8.42 Å². The highest BCUT2D eigenvalue weighted by Gasteiger charge is 2.27. The highest BCUT2D eigenvalue weighted by Crippen LogP contribution is 2.23. The van der Waals surface area contributed by atoms with E-state index in [2.05, 4.69) is 5.32 Å². The molecule has 2 aliphatic heterocycles. The normalized spacial score (nSPS) is 34.7. The van der Waals surface area contributed by atoms with E-state index in [9.17, 15) is 8.42 Å². The van der Waals surface area contributed by atoms with Crippen molar-refractivity contribution in [3.05, 3.63) is 0 Å². The number of hydrogen-bond donors (Lipinski definition) is 1. The predicted octanol–water partition coefficient (Wildman–Crippen LogP) is 0.764. The van der Waals surface area contributed by atoms with E-state index >= 15 is 0 Å². The Morgan fingerprint density at radius 1 is 1.20 bits per heavy atom. The van der Waals surface area contributed by atoms with Crippen molar-refractivity contribution in [1.29, 1.82) is 0 Å². The molecule has 0 saturated carbocycles. The maximum atomic E-state index is 11.2. The van der Waals surface area contributed by atoms with Gasteiger partial charge in [0, 0.05) is 0 Å². The molecule has 0 aliphatic carbocycles. The van der Waals surface area contributed by atoms with Crippen LogP contribution in [0.4, 0.5) is 0 Å². The second-order valence-corrected chi connectivity index (χ2v) is 8.04. The molecule has 2 aliphatic rings. The summed E-state index contributed by atoms with van der Waals surface area (Å²) in [7, 11) is -2.69. The molecule has 2 fully saturated rings. The minimum absolute atomic E-state index is 0.365. The van der Waals surface area contributed by atoms with Crippen LogP contribution in [0.3, 0.4) is 0 Å². The number of thioether (sulfide) groups is 1. The van der Waals surface area contributed by atoms with E-state index in [-0.39, 0.29) is 0 Å². The van der Waals surface area contributed by atoms with Crippen LogP contribution < -0.4 is 5.32 Å². The van der Waals surface area contributed by atoms with Crippen molar-refractivity contribution in [2.75, 3.05) is 36.1 Å². The molecule has 0 aromatic rings. The summed E-state index contributed by atoms with van der Waals surface area (Å²) < 4.78 is 22.5. The molecule has 2 unspecified atom stereocenters. The molecule has 0 amide bonds. The maximum Gasteiger partial charge on any atom is 0.150 e. The lowest BCUT2D eigenvalue weighted by Crippen LogP contribution is -2.28. The van der Waals surface area contributed by atoms with Crippen molar-refractivity contribution < 1.29 is 8.42 Å². The van der Waals surface area contributed by atoms with Crippen LogP contribution in [0, 0.1) is 11.8 Å². The Hall–Kier alpha value is 0.260. The van der Waals surface area contributed by atoms with Gasteiger partial charge in [0.15, 0.2) is 9.84 Å². The Morgan fingerprint density at radius 2 is 2.00 bits per heavy atom. The van der Waals surface area contributed by atoms with E-state index in [1.807, 2.05) is 11.8 Å². The molecule has 0 bridgehead atoms. The van der Waals surface area contributed by atoms with Crippen molar-refractivity contribution in [1.82, 2.24) is 5.32 Å². The molecular weight excluding hydrogens is 230 g/mol. The summed E-state index contributed by atoms with van der Waals surface area (Å²) in [6.45, 7) is 1.96. The highest BCUT2D eigenvalue weighted by molar-refractivity contribution is 7.99. The third-order valence-electron chi connectivity index (χ3n) is 3.22. The first-order chi connectivity index (χ1) is 7.16. The summed E-state index contributed by atoms with van der Waals surface area (Å²) in [6.07, 6.45) is 2.18. The lowest BCUT2D eigenvalue weighted by Gasteiger charge is -2.12. The fourth-order valence-corrected chi connectivity index (χ4v) is 5.42. The Kier molecular flexibility index (Phi) is 3.96. The summed E-state index contributed by atoms with van der Waals surface area (Å²) in [5, 5.41) is 3.43. The molecule has 15 heavy (non-hydrogen) atoms. The standard InChI is InChI=1S/C10H19NO2S2/c12-15(13)4-2-10(8-15)6-11-5-9-1-3-14-7-9/h9-11H,1-8H2. The monoisotopic (exact) mass is 249 g/mol. The van der Waals surface area contributed by atoms with Crippen molar-refractivity contribution >= 4 is 21.6 Å². The maximum absolute atomic E-state index is 11.2. The molecule has 1 N–H and O–H groups in total. The molecule has 0 aromatic carbocycles. The summed E-state index contributed by atoms with van der Waals surface area (Å²) in [5.74, 6) is 4.55. The second kappa shape index (κ2) is 5.06. The SMILES string of the molecule is O=S1(=O)CCC(CNCC2CCSC2)C1. The molecular formula is C10H19NO2S2. The molecule has 88 valence electrons. The van der Waals surface area contributed by atoms with Crippen LogP contribution in [-0.4, -0.2) is 44.5 Å². The summed E-state index contributed by atoms with van der Waals surface area (Å²) >= 11 is 2.03. The molecule has 3 nitrogen and oxygen atoms in total. The topological polar surface area (TPSA) is 46.2 Å². The van der Waals surface area contributed by atoms with Gasteiger partial charge < -0.3 is 5.32 Å². The van der Waals surface area contributed by atoms with Crippen LogP contribution in [0.15, 0.2) is 0 Å². The third kappa shape index (κ3) is 3.64. The van der Waals surface area contributed by atoms with Crippen LogP contribution in [-0.2, 0) is 9.84 Å². The number of hydrogen-bond acceptors (Lipinski definition) is 4. The smallest absolute Gasteiger partial charge is 0.150 e. The van der Waals surface area contributed by atoms with E-state index in [0.717, 1.165) is 25.4 Å². The zero-order valence-electron chi connectivity index (χ0n) is 8.94. The zero-order chi connectivity index (χ0) is 10.7. The second-order valence-electron chi connectivity index (χ2n) is 4.66. The Morgan fingerprint density at radius 3 is 2.60 bits per heavy atom. The van der Waals surface area contributed by atoms with Gasteiger partial charge in [-0.05, 0) is 49.3 Å². The van der Waals surface area contributed by atoms with Gasteiger partial charge in [-0.3, -0.25) is 0 Å². The van der Waals surface area contributed by atoms with Gasteiger partial charge in [-0.15, -0.1) is 0 Å². The van der Waals surface area contributed by atoms with E-state index in [1.54, 1.807) is 0 Å². The quantitative estimate of drug-likeness (QED) is 0.799. The molecule has 0 radical (unpaired) electrons. The first-order valence-corrected chi connectivity index (χ1v) is 8.62. The van der Waals surface area contributed by atoms with Crippen LogP contribution in [0.1, 0.15) is 12.8 Å². The van der Waals surface area contributed by atoms with Gasteiger partial charge in [0.2, 0.25) is 0 Å². The third-order valence-corrected chi connectivity index (χ3v) is 6.29. The first kappa shape index (κ1) is 11.7. The fraction of sp³-hybridized carbons (Fsp3) is 1.00. The lowest BCUT2D eigenvalue weighted by molar-refractivity contribution is 0.467. The van der Waals surface area contributed by atoms with E-state index in [0.29, 0.717) is 17.4 Å². The number of sulfone groups is 1. The summed E-state index contributed by atoms with van der Waals surface area (Å²) in [5.41, 5.74) is 0. The molecule has 0 aromatic heterocycles. The Bertz CT molecular complexity index is 297. The number of rotatable bonds is 4. The Labute approximate surface area is 96.3 Å². The largest absolute Gasteiger partial charge is 0.316 e. The Balaban J connectivity index is 1.62. The lowest BCUT2D eigenvalue weighted by atomic mass is 10.1. The van der Waals surface area contributed by atoms with Crippen molar-refractivity contribution in [3.63, 3.8) is 0 Å².